The lowest BCUT2D eigenvalue weighted by atomic mass is 10.0. The highest BCUT2D eigenvalue weighted by atomic mass is 32.2. The maximum Gasteiger partial charge on any atom is 0.342 e. The van der Waals surface area contributed by atoms with Crippen LogP contribution in [-0.4, -0.2) is 39.7 Å². The molecule has 144 valence electrons. The van der Waals surface area contributed by atoms with Crippen molar-refractivity contribution in [1.82, 2.24) is 20.6 Å². The number of carbonyl (C=O) groups is 1. The number of carbonyl (C=O) groups excluding carboxylic acids is 1. The van der Waals surface area contributed by atoms with Gasteiger partial charge in [0.1, 0.15) is 5.75 Å². The van der Waals surface area contributed by atoms with Gasteiger partial charge in [-0.1, -0.05) is 42.1 Å². The number of aromatic nitrogens is 3. The third-order valence-electron chi connectivity index (χ3n) is 3.63. The van der Waals surface area contributed by atoms with Crippen LogP contribution in [-0.2, 0) is 4.79 Å². The molecular formula is C18H17N5O4S. The third kappa shape index (κ3) is 4.65. The van der Waals surface area contributed by atoms with Gasteiger partial charge in [0, 0.05) is 5.56 Å². The smallest absolute Gasteiger partial charge is 0.342 e. The first-order valence-electron chi connectivity index (χ1n) is 8.36. The SMILES string of the molecule is CCOc1ccc2ccccc2c1/C=N/NC(=O)CSc1n[nH]c(=O)[nH]c1=O. The minimum Gasteiger partial charge on any atom is -0.493 e. The van der Waals surface area contributed by atoms with Crippen LogP contribution in [0.25, 0.3) is 10.8 Å². The molecule has 2 aromatic carbocycles. The van der Waals surface area contributed by atoms with Gasteiger partial charge < -0.3 is 4.74 Å². The molecule has 1 amide bonds. The van der Waals surface area contributed by atoms with Crippen molar-refractivity contribution in [3.8, 4) is 5.75 Å². The first-order valence-corrected chi connectivity index (χ1v) is 9.35. The lowest BCUT2D eigenvalue weighted by Crippen LogP contribution is -2.26. The highest BCUT2D eigenvalue weighted by Gasteiger charge is 2.09. The van der Waals surface area contributed by atoms with Gasteiger partial charge in [0.15, 0.2) is 5.03 Å². The summed E-state index contributed by atoms with van der Waals surface area (Å²) < 4.78 is 5.65. The molecular weight excluding hydrogens is 382 g/mol. The first kappa shape index (κ1) is 19.4. The van der Waals surface area contributed by atoms with Crippen molar-refractivity contribution in [3.05, 3.63) is 62.8 Å². The number of benzene rings is 2. The molecule has 0 aliphatic carbocycles. The molecule has 0 spiro atoms. The maximum absolute atomic E-state index is 12.0. The van der Waals surface area contributed by atoms with E-state index in [1.807, 2.05) is 48.3 Å². The Morgan fingerprint density at radius 1 is 1.29 bits per heavy atom. The van der Waals surface area contributed by atoms with Crippen molar-refractivity contribution in [1.29, 1.82) is 0 Å². The molecule has 0 saturated carbocycles. The number of fused-ring (bicyclic) bond motifs is 1. The maximum atomic E-state index is 12.0. The van der Waals surface area contributed by atoms with Gasteiger partial charge in [-0.15, -0.1) is 0 Å². The van der Waals surface area contributed by atoms with E-state index >= 15 is 0 Å². The number of amides is 1. The quantitative estimate of drug-likeness (QED) is 0.312. The van der Waals surface area contributed by atoms with Crippen LogP contribution in [0.2, 0.25) is 0 Å². The normalized spacial score (nSPS) is 11.0. The van der Waals surface area contributed by atoms with E-state index in [0.29, 0.717) is 12.4 Å². The van der Waals surface area contributed by atoms with Gasteiger partial charge in [-0.2, -0.15) is 10.2 Å². The molecule has 3 rings (SSSR count). The summed E-state index contributed by atoms with van der Waals surface area (Å²) in [4.78, 5) is 36.5. The zero-order valence-corrected chi connectivity index (χ0v) is 15.7. The van der Waals surface area contributed by atoms with Crippen LogP contribution in [0.15, 0.2) is 56.1 Å². The average molecular weight is 399 g/mol. The highest BCUT2D eigenvalue weighted by molar-refractivity contribution is 7.99. The van der Waals surface area contributed by atoms with Gasteiger partial charge in [0.2, 0.25) is 5.91 Å². The zero-order valence-electron chi connectivity index (χ0n) is 14.9. The minimum absolute atomic E-state index is 0.00795. The van der Waals surface area contributed by atoms with Crippen LogP contribution >= 0.6 is 11.8 Å². The Bertz CT molecular complexity index is 1140. The van der Waals surface area contributed by atoms with Gasteiger partial charge in [-0.25, -0.2) is 15.3 Å². The largest absolute Gasteiger partial charge is 0.493 e. The predicted octanol–water partition coefficient (Wildman–Crippen LogP) is 1.25. The summed E-state index contributed by atoms with van der Waals surface area (Å²) in [5, 5.41) is 11.7. The number of nitrogens with zero attached hydrogens (tertiary/aromatic N) is 2. The van der Waals surface area contributed by atoms with Crippen molar-refractivity contribution in [3.63, 3.8) is 0 Å². The summed E-state index contributed by atoms with van der Waals surface area (Å²) >= 11 is 0.888. The first-order chi connectivity index (χ1) is 13.6. The molecule has 1 aromatic heterocycles. The summed E-state index contributed by atoms with van der Waals surface area (Å²) in [6.45, 7) is 2.39. The summed E-state index contributed by atoms with van der Waals surface area (Å²) in [5.41, 5.74) is 1.81. The van der Waals surface area contributed by atoms with E-state index < -0.39 is 17.2 Å². The Balaban J connectivity index is 1.70. The second-order valence-corrected chi connectivity index (χ2v) is 6.49. The number of hydrogen-bond acceptors (Lipinski definition) is 7. The lowest BCUT2D eigenvalue weighted by Gasteiger charge is -2.10. The molecule has 10 heteroatoms. The fourth-order valence-corrected chi connectivity index (χ4v) is 3.08. The van der Waals surface area contributed by atoms with Gasteiger partial charge in [-0.05, 0) is 23.8 Å². The summed E-state index contributed by atoms with van der Waals surface area (Å²) in [6.07, 6.45) is 1.53. The Hall–Kier alpha value is -3.40. The molecule has 0 bridgehead atoms. The Morgan fingerprint density at radius 2 is 2.11 bits per heavy atom. The molecule has 0 radical (unpaired) electrons. The number of H-pyrrole nitrogens is 2. The average Bonchev–Trinajstić information content (AvgIpc) is 2.69. The highest BCUT2D eigenvalue weighted by Crippen LogP contribution is 2.26. The van der Waals surface area contributed by atoms with Gasteiger partial charge in [0.05, 0.1) is 18.6 Å². The molecule has 0 saturated heterocycles. The Kier molecular flexibility index (Phi) is 6.22. The van der Waals surface area contributed by atoms with Crippen LogP contribution in [0.5, 0.6) is 5.75 Å². The summed E-state index contributed by atoms with van der Waals surface area (Å²) in [7, 11) is 0. The van der Waals surface area contributed by atoms with E-state index in [4.69, 9.17) is 4.74 Å². The number of hydrogen-bond donors (Lipinski definition) is 3. The van der Waals surface area contributed by atoms with Crippen LogP contribution in [0.1, 0.15) is 12.5 Å². The second-order valence-electron chi connectivity index (χ2n) is 5.53. The molecule has 0 unspecified atom stereocenters. The number of rotatable bonds is 7. The van der Waals surface area contributed by atoms with E-state index in [-0.39, 0.29) is 10.8 Å². The zero-order chi connectivity index (χ0) is 19.9. The third-order valence-corrected chi connectivity index (χ3v) is 4.59. The van der Waals surface area contributed by atoms with Crippen molar-refractivity contribution in [2.75, 3.05) is 12.4 Å². The number of ether oxygens (including phenoxy) is 1. The van der Waals surface area contributed by atoms with Crippen molar-refractivity contribution in [2.45, 2.75) is 11.9 Å². The Morgan fingerprint density at radius 3 is 2.89 bits per heavy atom. The van der Waals surface area contributed by atoms with E-state index in [1.54, 1.807) is 0 Å². The van der Waals surface area contributed by atoms with E-state index in [9.17, 15) is 14.4 Å². The molecule has 0 atom stereocenters. The predicted molar refractivity (Wildman–Crippen MR) is 107 cm³/mol. The molecule has 28 heavy (non-hydrogen) atoms. The van der Waals surface area contributed by atoms with E-state index in [2.05, 4.69) is 20.7 Å². The van der Waals surface area contributed by atoms with Crippen LogP contribution in [0.4, 0.5) is 0 Å². The van der Waals surface area contributed by atoms with Crippen LogP contribution < -0.4 is 21.4 Å². The van der Waals surface area contributed by atoms with E-state index in [0.717, 1.165) is 28.1 Å². The molecule has 0 aliphatic heterocycles. The summed E-state index contributed by atoms with van der Waals surface area (Å²) in [5.74, 6) is 0.150. The number of thioether (sulfide) groups is 1. The van der Waals surface area contributed by atoms with Gasteiger partial charge in [-0.3, -0.25) is 14.6 Å². The molecule has 0 fully saturated rings. The van der Waals surface area contributed by atoms with Crippen molar-refractivity contribution < 1.29 is 9.53 Å². The van der Waals surface area contributed by atoms with Crippen LogP contribution in [0.3, 0.4) is 0 Å². The molecule has 3 N–H and O–H groups in total. The van der Waals surface area contributed by atoms with Gasteiger partial charge >= 0.3 is 5.69 Å². The second kappa shape index (κ2) is 9.00. The van der Waals surface area contributed by atoms with Gasteiger partial charge in [0.25, 0.3) is 5.56 Å². The van der Waals surface area contributed by atoms with Crippen molar-refractivity contribution >= 4 is 34.7 Å². The Labute approximate surface area is 163 Å². The van der Waals surface area contributed by atoms with Crippen molar-refractivity contribution in [2.24, 2.45) is 5.10 Å². The number of nitrogens with one attached hydrogen (secondary N) is 3. The lowest BCUT2D eigenvalue weighted by molar-refractivity contribution is -0.118. The molecule has 9 nitrogen and oxygen atoms in total. The fourth-order valence-electron chi connectivity index (χ4n) is 2.46. The molecule has 3 aromatic rings. The number of aromatic amines is 2. The molecule has 1 heterocycles. The van der Waals surface area contributed by atoms with Crippen LogP contribution in [0, 0.1) is 0 Å². The monoisotopic (exact) mass is 399 g/mol. The van der Waals surface area contributed by atoms with E-state index in [1.165, 1.54) is 6.21 Å². The standard InChI is InChI=1S/C18H17N5O4S/c1-2-27-14-8-7-11-5-3-4-6-12(11)13(14)9-19-21-15(24)10-28-17-16(25)20-18(26)23-22-17/h3-9H,2,10H2,1H3,(H,21,24)(H2,20,23,25,26)/b19-9+. The molecule has 0 aliphatic rings. The minimum atomic E-state index is -0.705. The summed E-state index contributed by atoms with van der Waals surface area (Å²) in [6, 6.07) is 11.6. The topological polar surface area (TPSA) is 129 Å². The number of hydrazone groups is 1. The fraction of sp³-hybridized carbons (Fsp3) is 0.167.